The van der Waals surface area contributed by atoms with E-state index in [9.17, 15) is 19.1 Å². The number of carbonyl (C=O) groups excluding carboxylic acids is 2. The Morgan fingerprint density at radius 1 is 1.07 bits per heavy atom. The number of nitrogens with zero attached hydrogens (tertiary/aromatic N) is 2. The lowest BCUT2D eigenvalue weighted by Gasteiger charge is -2.24. The minimum Gasteiger partial charge on any atom is -0.507 e. The highest BCUT2D eigenvalue weighted by molar-refractivity contribution is 6.51. The van der Waals surface area contributed by atoms with Gasteiger partial charge >= 0.3 is 5.91 Å². The number of ether oxygens (including phenoxy) is 1. The summed E-state index contributed by atoms with van der Waals surface area (Å²) >= 11 is 0. The van der Waals surface area contributed by atoms with Crippen LogP contribution in [0.2, 0.25) is 0 Å². The zero-order chi connectivity index (χ0) is 21.3. The fourth-order valence-electron chi connectivity index (χ4n) is 3.45. The number of hydrogen-bond acceptors (Lipinski definition) is 5. The van der Waals surface area contributed by atoms with Crippen LogP contribution >= 0.6 is 0 Å². The first kappa shape index (κ1) is 19.3. The summed E-state index contributed by atoms with van der Waals surface area (Å²) in [6.07, 6.45) is 1.50. The van der Waals surface area contributed by atoms with Crippen LogP contribution < -0.4 is 9.64 Å². The van der Waals surface area contributed by atoms with Crippen molar-refractivity contribution in [3.05, 3.63) is 95.4 Å². The molecule has 3 aromatic rings. The predicted octanol–water partition coefficient (Wildman–Crippen LogP) is 3.86. The molecule has 0 aliphatic carbocycles. The standard InChI is InChI=1S/C23H17FN2O4/c1-30-17-6-4-5-15(13-17)21(27)19-20(14-8-10-16(24)11-9-14)26(23(29)22(19)28)18-7-2-3-12-25-18/h2-13,20,27H,1H3/b21-19+/t20-/m1/s1. The van der Waals surface area contributed by atoms with Crippen LogP contribution in [0.5, 0.6) is 5.75 Å². The lowest BCUT2D eigenvalue weighted by Crippen LogP contribution is -2.30. The highest BCUT2D eigenvalue weighted by Crippen LogP contribution is 2.41. The minimum atomic E-state index is -0.966. The van der Waals surface area contributed by atoms with Crippen LogP contribution in [0.25, 0.3) is 5.76 Å². The molecule has 0 spiro atoms. The Hall–Kier alpha value is -4.00. The van der Waals surface area contributed by atoms with Gasteiger partial charge in [0.25, 0.3) is 5.78 Å². The molecule has 4 rings (SSSR count). The second-order valence-corrected chi connectivity index (χ2v) is 6.64. The van der Waals surface area contributed by atoms with Gasteiger partial charge in [0.2, 0.25) is 0 Å². The van der Waals surface area contributed by atoms with Crippen LogP contribution in [0.3, 0.4) is 0 Å². The summed E-state index contributed by atoms with van der Waals surface area (Å²) in [4.78, 5) is 31.3. The summed E-state index contributed by atoms with van der Waals surface area (Å²) in [6, 6.07) is 15.9. The van der Waals surface area contributed by atoms with Gasteiger partial charge in [-0.15, -0.1) is 0 Å². The molecule has 7 heteroatoms. The normalized spacial score (nSPS) is 17.9. The number of hydrogen-bond donors (Lipinski definition) is 1. The SMILES string of the molecule is COc1cccc(/C(O)=C2\C(=O)C(=O)N(c3ccccn3)[C@@H]2c2ccc(F)cc2)c1. The van der Waals surface area contributed by atoms with E-state index >= 15 is 0 Å². The molecule has 0 radical (unpaired) electrons. The van der Waals surface area contributed by atoms with Gasteiger partial charge in [-0.1, -0.05) is 30.3 Å². The highest BCUT2D eigenvalue weighted by atomic mass is 19.1. The number of carbonyl (C=O) groups is 2. The van der Waals surface area contributed by atoms with Crippen LogP contribution in [-0.4, -0.2) is 28.9 Å². The van der Waals surface area contributed by atoms with Crippen LogP contribution in [-0.2, 0) is 9.59 Å². The van der Waals surface area contributed by atoms with Gasteiger partial charge in [-0.3, -0.25) is 14.5 Å². The molecule has 150 valence electrons. The van der Waals surface area contributed by atoms with Gasteiger partial charge in [0.05, 0.1) is 18.7 Å². The second kappa shape index (κ2) is 7.79. The topological polar surface area (TPSA) is 79.7 Å². The lowest BCUT2D eigenvalue weighted by molar-refractivity contribution is -0.132. The zero-order valence-corrected chi connectivity index (χ0v) is 15.9. The van der Waals surface area contributed by atoms with E-state index in [2.05, 4.69) is 4.98 Å². The number of aliphatic hydroxyl groups excluding tert-OH is 1. The third-order valence-electron chi connectivity index (χ3n) is 4.87. The molecule has 2 aromatic carbocycles. The maximum absolute atomic E-state index is 13.5. The van der Waals surface area contributed by atoms with Crippen LogP contribution in [0.15, 0.2) is 78.5 Å². The molecule has 30 heavy (non-hydrogen) atoms. The number of aromatic nitrogens is 1. The summed E-state index contributed by atoms with van der Waals surface area (Å²) in [7, 11) is 1.48. The summed E-state index contributed by atoms with van der Waals surface area (Å²) in [5.41, 5.74) is 0.677. The first-order valence-corrected chi connectivity index (χ1v) is 9.13. The first-order chi connectivity index (χ1) is 14.5. The van der Waals surface area contributed by atoms with Gasteiger partial charge in [-0.2, -0.15) is 0 Å². The van der Waals surface area contributed by atoms with Gasteiger partial charge in [-0.05, 0) is 42.0 Å². The van der Waals surface area contributed by atoms with Crippen molar-refractivity contribution in [2.45, 2.75) is 6.04 Å². The molecular formula is C23H17FN2O4. The van der Waals surface area contributed by atoms with Gasteiger partial charge < -0.3 is 9.84 Å². The largest absolute Gasteiger partial charge is 0.507 e. The molecule has 0 unspecified atom stereocenters. The van der Waals surface area contributed by atoms with E-state index in [-0.39, 0.29) is 17.2 Å². The molecule has 1 atom stereocenters. The Balaban J connectivity index is 1.94. The third-order valence-corrected chi connectivity index (χ3v) is 4.87. The van der Waals surface area contributed by atoms with Gasteiger partial charge in [0.15, 0.2) is 0 Å². The zero-order valence-electron chi connectivity index (χ0n) is 15.9. The molecule has 2 heterocycles. The van der Waals surface area contributed by atoms with Crippen molar-refractivity contribution >= 4 is 23.3 Å². The van der Waals surface area contributed by atoms with E-state index in [4.69, 9.17) is 4.74 Å². The second-order valence-electron chi connectivity index (χ2n) is 6.64. The fraction of sp³-hybridized carbons (Fsp3) is 0.0870. The molecule has 0 saturated carbocycles. The van der Waals surface area contributed by atoms with E-state index in [1.165, 1.54) is 42.5 Å². The van der Waals surface area contributed by atoms with Crippen molar-refractivity contribution in [3.8, 4) is 5.75 Å². The van der Waals surface area contributed by atoms with Crippen molar-refractivity contribution in [2.75, 3.05) is 12.0 Å². The Morgan fingerprint density at radius 3 is 2.50 bits per heavy atom. The quantitative estimate of drug-likeness (QED) is 0.406. The number of ketones is 1. The first-order valence-electron chi connectivity index (χ1n) is 9.13. The van der Waals surface area contributed by atoms with Crippen LogP contribution in [0, 0.1) is 5.82 Å². The Kier molecular flexibility index (Phi) is 5.02. The van der Waals surface area contributed by atoms with Crippen molar-refractivity contribution < 1.29 is 23.8 Å². The Morgan fingerprint density at radius 2 is 1.83 bits per heavy atom. The molecule has 6 nitrogen and oxygen atoms in total. The van der Waals surface area contributed by atoms with Gasteiger partial charge in [0, 0.05) is 11.8 Å². The highest BCUT2D eigenvalue weighted by Gasteiger charge is 2.47. The lowest BCUT2D eigenvalue weighted by atomic mass is 9.95. The minimum absolute atomic E-state index is 0.106. The van der Waals surface area contributed by atoms with E-state index in [0.29, 0.717) is 16.9 Å². The number of aliphatic hydroxyl groups is 1. The van der Waals surface area contributed by atoms with Crippen LogP contribution in [0.4, 0.5) is 10.2 Å². The monoisotopic (exact) mass is 404 g/mol. The molecule has 1 fully saturated rings. The average Bonchev–Trinajstić information content (AvgIpc) is 3.05. The van der Waals surface area contributed by atoms with E-state index in [0.717, 1.165) is 0 Å². The number of anilines is 1. The smallest absolute Gasteiger partial charge is 0.301 e. The number of amides is 1. The molecule has 1 aromatic heterocycles. The number of benzene rings is 2. The number of pyridine rings is 1. The molecule has 1 amide bonds. The predicted molar refractivity (Wildman–Crippen MR) is 108 cm³/mol. The molecular weight excluding hydrogens is 387 g/mol. The van der Waals surface area contributed by atoms with Crippen LogP contribution in [0.1, 0.15) is 17.2 Å². The average molecular weight is 404 g/mol. The molecule has 0 bridgehead atoms. The van der Waals surface area contributed by atoms with E-state index in [1.807, 2.05) is 0 Å². The summed E-state index contributed by atoms with van der Waals surface area (Å²) < 4.78 is 18.7. The molecule has 1 aliphatic heterocycles. The van der Waals surface area contributed by atoms with Crippen molar-refractivity contribution in [1.82, 2.24) is 4.98 Å². The maximum atomic E-state index is 13.5. The third kappa shape index (κ3) is 3.30. The summed E-state index contributed by atoms with van der Waals surface area (Å²) in [5, 5.41) is 11.0. The number of rotatable bonds is 4. The molecule has 1 N–H and O–H groups in total. The van der Waals surface area contributed by atoms with Crippen molar-refractivity contribution in [1.29, 1.82) is 0 Å². The number of halogens is 1. The van der Waals surface area contributed by atoms with Crippen molar-refractivity contribution in [2.24, 2.45) is 0 Å². The maximum Gasteiger partial charge on any atom is 0.301 e. The summed E-state index contributed by atoms with van der Waals surface area (Å²) in [6.45, 7) is 0. The molecule has 1 saturated heterocycles. The Bertz CT molecular complexity index is 1140. The van der Waals surface area contributed by atoms with Gasteiger partial charge in [-0.25, -0.2) is 9.37 Å². The number of Topliss-reactive ketones (excluding diaryl/α,β-unsaturated/α-hetero) is 1. The fourth-order valence-corrected chi connectivity index (χ4v) is 3.45. The van der Waals surface area contributed by atoms with Crippen molar-refractivity contribution in [3.63, 3.8) is 0 Å². The van der Waals surface area contributed by atoms with E-state index in [1.54, 1.807) is 42.5 Å². The number of methoxy groups -OCH3 is 1. The van der Waals surface area contributed by atoms with Gasteiger partial charge in [0.1, 0.15) is 23.1 Å². The summed E-state index contributed by atoms with van der Waals surface area (Å²) in [5.74, 6) is -1.75. The Labute approximate surface area is 171 Å². The molecule has 1 aliphatic rings. The van der Waals surface area contributed by atoms with E-state index < -0.39 is 23.5 Å².